The van der Waals surface area contributed by atoms with Crippen molar-refractivity contribution in [3.05, 3.63) is 11.9 Å². The number of aromatic amines is 1. The zero-order valence-corrected chi connectivity index (χ0v) is 8.73. The lowest BCUT2D eigenvalue weighted by Gasteiger charge is -2.07. The molecule has 0 spiro atoms. The summed E-state index contributed by atoms with van der Waals surface area (Å²) in [4.78, 5) is 11.3. The standard InChI is InChI=1S/C9H16N4O2/c1-7(6-14)3-2-4-10-9(15)8-5-11-13-12-8/h5,7,14H,2-4,6H2,1H3,(H,10,15)(H,11,12,13). The summed E-state index contributed by atoms with van der Waals surface area (Å²) in [6.07, 6.45) is 3.13. The zero-order valence-electron chi connectivity index (χ0n) is 8.73. The monoisotopic (exact) mass is 212 g/mol. The highest BCUT2D eigenvalue weighted by Gasteiger charge is 2.07. The molecule has 3 N–H and O–H groups in total. The Balaban J connectivity index is 2.13. The number of nitrogens with one attached hydrogen (secondary N) is 2. The Labute approximate surface area is 88.1 Å². The van der Waals surface area contributed by atoms with Gasteiger partial charge in [-0.25, -0.2) is 0 Å². The largest absolute Gasteiger partial charge is 0.396 e. The quantitative estimate of drug-likeness (QED) is 0.576. The summed E-state index contributed by atoms with van der Waals surface area (Å²) < 4.78 is 0. The van der Waals surface area contributed by atoms with E-state index < -0.39 is 0 Å². The van der Waals surface area contributed by atoms with Crippen LogP contribution in [0.4, 0.5) is 0 Å². The van der Waals surface area contributed by atoms with E-state index in [1.165, 1.54) is 6.20 Å². The van der Waals surface area contributed by atoms with Crippen molar-refractivity contribution in [2.45, 2.75) is 19.8 Å². The first-order chi connectivity index (χ1) is 7.24. The van der Waals surface area contributed by atoms with Crippen LogP contribution >= 0.6 is 0 Å². The van der Waals surface area contributed by atoms with E-state index in [1.807, 2.05) is 6.92 Å². The third kappa shape index (κ3) is 4.07. The third-order valence-electron chi connectivity index (χ3n) is 2.12. The second-order valence-corrected chi connectivity index (χ2v) is 3.54. The Kier molecular flexibility index (Phi) is 4.76. The van der Waals surface area contributed by atoms with Crippen LogP contribution in [0, 0.1) is 5.92 Å². The summed E-state index contributed by atoms with van der Waals surface area (Å²) in [5.41, 5.74) is 0.296. The molecule has 1 aromatic heterocycles. The van der Waals surface area contributed by atoms with E-state index in [0.29, 0.717) is 12.2 Å². The van der Waals surface area contributed by atoms with Crippen molar-refractivity contribution in [2.24, 2.45) is 5.92 Å². The zero-order chi connectivity index (χ0) is 11.1. The van der Waals surface area contributed by atoms with E-state index in [9.17, 15) is 4.79 Å². The average molecular weight is 212 g/mol. The van der Waals surface area contributed by atoms with Gasteiger partial charge in [0.15, 0.2) is 5.69 Å². The number of H-pyrrole nitrogens is 1. The molecule has 1 heterocycles. The van der Waals surface area contributed by atoms with Crippen LogP contribution in [-0.4, -0.2) is 39.6 Å². The summed E-state index contributed by atoms with van der Waals surface area (Å²) >= 11 is 0. The molecule has 6 nitrogen and oxygen atoms in total. The fraction of sp³-hybridized carbons (Fsp3) is 0.667. The van der Waals surface area contributed by atoms with Crippen LogP contribution in [0.25, 0.3) is 0 Å². The number of rotatable bonds is 6. The molecule has 0 aliphatic carbocycles. The minimum Gasteiger partial charge on any atom is -0.396 e. The molecule has 84 valence electrons. The van der Waals surface area contributed by atoms with Gasteiger partial charge in [0, 0.05) is 13.2 Å². The molecule has 0 aliphatic heterocycles. The molecular weight excluding hydrogens is 196 g/mol. The van der Waals surface area contributed by atoms with Crippen molar-refractivity contribution < 1.29 is 9.90 Å². The average Bonchev–Trinajstić information content (AvgIpc) is 2.77. The molecule has 0 radical (unpaired) electrons. The molecule has 6 heteroatoms. The summed E-state index contributed by atoms with van der Waals surface area (Å²) in [7, 11) is 0. The van der Waals surface area contributed by atoms with E-state index in [1.54, 1.807) is 0 Å². The van der Waals surface area contributed by atoms with Gasteiger partial charge >= 0.3 is 0 Å². The summed E-state index contributed by atoms with van der Waals surface area (Å²) in [6.45, 7) is 2.76. The van der Waals surface area contributed by atoms with Crippen LogP contribution < -0.4 is 5.32 Å². The van der Waals surface area contributed by atoms with E-state index in [2.05, 4.69) is 20.7 Å². The molecule has 0 aliphatic rings. The van der Waals surface area contributed by atoms with Crippen LogP contribution in [0.5, 0.6) is 0 Å². The lowest BCUT2D eigenvalue weighted by atomic mass is 10.1. The summed E-state index contributed by atoms with van der Waals surface area (Å²) in [5.74, 6) is 0.0642. The van der Waals surface area contributed by atoms with Gasteiger partial charge in [0.05, 0.1) is 6.20 Å². The van der Waals surface area contributed by atoms with Crippen molar-refractivity contribution in [2.75, 3.05) is 13.2 Å². The van der Waals surface area contributed by atoms with Crippen LogP contribution in [0.1, 0.15) is 30.3 Å². The molecule has 1 aromatic rings. The molecule has 1 atom stereocenters. The van der Waals surface area contributed by atoms with Gasteiger partial charge in [0.25, 0.3) is 5.91 Å². The number of nitrogens with zero attached hydrogens (tertiary/aromatic N) is 2. The molecule has 1 unspecified atom stereocenters. The molecular formula is C9H16N4O2. The van der Waals surface area contributed by atoms with Gasteiger partial charge in [-0.05, 0) is 18.8 Å². The minimum absolute atomic E-state index is 0.192. The highest BCUT2D eigenvalue weighted by Crippen LogP contribution is 2.02. The number of carbonyl (C=O) groups is 1. The van der Waals surface area contributed by atoms with Gasteiger partial charge < -0.3 is 10.4 Å². The van der Waals surface area contributed by atoms with Crippen LogP contribution in [0.2, 0.25) is 0 Å². The third-order valence-corrected chi connectivity index (χ3v) is 2.12. The van der Waals surface area contributed by atoms with E-state index in [-0.39, 0.29) is 18.4 Å². The van der Waals surface area contributed by atoms with Gasteiger partial charge in [-0.15, -0.1) is 0 Å². The number of aliphatic hydroxyl groups excluding tert-OH is 1. The van der Waals surface area contributed by atoms with E-state index >= 15 is 0 Å². The molecule has 0 aromatic carbocycles. The first kappa shape index (κ1) is 11.6. The predicted molar refractivity (Wildman–Crippen MR) is 54.2 cm³/mol. The van der Waals surface area contributed by atoms with Gasteiger partial charge in [-0.1, -0.05) is 6.92 Å². The molecule has 0 saturated carbocycles. The number of aliphatic hydroxyl groups is 1. The lowest BCUT2D eigenvalue weighted by Crippen LogP contribution is -2.25. The first-order valence-corrected chi connectivity index (χ1v) is 4.99. The second kappa shape index (κ2) is 6.13. The number of hydrogen-bond acceptors (Lipinski definition) is 4. The highest BCUT2D eigenvalue weighted by molar-refractivity contribution is 5.91. The van der Waals surface area contributed by atoms with Gasteiger partial charge in [-0.3, -0.25) is 4.79 Å². The van der Waals surface area contributed by atoms with Crippen LogP contribution in [0.3, 0.4) is 0 Å². The maximum absolute atomic E-state index is 11.3. The maximum Gasteiger partial charge on any atom is 0.273 e. The van der Waals surface area contributed by atoms with Crippen molar-refractivity contribution in [1.82, 2.24) is 20.7 Å². The molecule has 1 rings (SSSR count). The summed E-state index contributed by atoms with van der Waals surface area (Å²) in [6, 6.07) is 0. The predicted octanol–water partition coefficient (Wildman–Crippen LogP) is -0.0569. The van der Waals surface area contributed by atoms with Crippen molar-refractivity contribution in [3.8, 4) is 0 Å². The normalized spacial score (nSPS) is 12.4. The highest BCUT2D eigenvalue weighted by atomic mass is 16.3. The Morgan fingerprint density at radius 3 is 3.13 bits per heavy atom. The maximum atomic E-state index is 11.3. The van der Waals surface area contributed by atoms with E-state index in [0.717, 1.165) is 12.8 Å². The Bertz CT molecular complexity index is 286. The Morgan fingerprint density at radius 2 is 2.53 bits per heavy atom. The van der Waals surface area contributed by atoms with Crippen LogP contribution in [0.15, 0.2) is 6.20 Å². The van der Waals surface area contributed by atoms with E-state index in [4.69, 9.17) is 5.11 Å². The number of aromatic nitrogens is 3. The van der Waals surface area contributed by atoms with Crippen LogP contribution in [-0.2, 0) is 0 Å². The van der Waals surface area contributed by atoms with Gasteiger partial charge in [-0.2, -0.15) is 15.4 Å². The molecule has 0 saturated heterocycles. The number of carbonyl (C=O) groups excluding carboxylic acids is 1. The van der Waals surface area contributed by atoms with Gasteiger partial charge in [0.1, 0.15) is 0 Å². The first-order valence-electron chi connectivity index (χ1n) is 4.99. The van der Waals surface area contributed by atoms with Crippen molar-refractivity contribution >= 4 is 5.91 Å². The lowest BCUT2D eigenvalue weighted by molar-refractivity contribution is 0.0947. The fourth-order valence-corrected chi connectivity index (χ4v) is 1.15. The second-order valence-electron chi connectivity index (χ2n) is 3.54. The molecule has 1 amide bonds. The SMILES string of the molecule is CC(CO)CCCNC(=O)c1cn[nH]n1. The minimum atomic E-state index is -0.222. The molecule has 15 heavy (non-hydrogen) atoms. The van der Waals surface area contributed by atoms with Gasteiger partial charge in [0.2, 0.25) is 0 Å². The smallest absolute Gasteiger partial charge is 0.273 e. The molecule has 0 bridgehead atoms. The number of amides is 1. The fourth-order valence-electron chi connectivity index (χ4n) is 1.15. The number of hydrogen-bond donors (Lipinski definition) is 3. The Morgan fingerprint density at radius 1 is 1.73 bits per heavy atom. The Hall–Kier alpha value is -1.43. The summed E-state index contributed by atoms with van der Waals surface area (Å²) in [5, 5.41) is 21.1. The van der Waals surface area contributed by atoms with Crippen molar-refractivity contribution in [1.29, 1.82) is 0 Å². The topological polar surface area (TPSA) is 90.9 Å². The van der Waals surface area contributed by atoms with Crippen molar-refractivity contribution in [3.63, 3.8) is 0 Å². The molecule has 0 fully saturated rings.